The maximum absolute atomic E-state index is 11.4. The number of furan rings is 1. The highest BCUT2D eigenvalue weighted by Crippen LogP contribution is 2.23. The number of pyridine rings is 1. The molecule has 0 aliphatic carbocycles. The fraction of sp³-hybridized carbons (Fsp3) is 0.0909. The van der Waals surface area contributed by atoms with Crippen LogP contribution in [0.25, 0.3) is 0 Å². The van der Waals surface area contributed by atoms with E-state index in [2.05, 4.69) is 4.98 Å². The van der Waals surface area contributed by atoms with Gasteiger partial charge in [-0.25, -0.2) is 10.8 Å². The van der Waals surface area contributed by atoms with Gasteiger partial charge in [0, 0.05) is 17.5 Å². The van der Waals surface area contributed by atoms with E-state index in [4.69, 9.17) is 10.3 Å². The number of hydrazine groups is 1. The first kappa shape index (κ1) is 11.7. The molecule has 5 nitrogen and oxygen atoms in total. The molecule has 1 amide bonds. The maximum Gasteiger partial charge on any atom is 0.301 e. The van der Waals surface area contributed by atoms with Gasteiger partial charge in [-0.05, 0) is 18.2 Å². The van der Waals surface area contributed by atoms with Crippen LogP contribution in [0.3, 0.4) is 0 Å². The van der Waals surface area contributed by atoms with E-state index < -0.39 is 5.91 Å². The van der Waals surface area contributed by atoms with Crippen molar-refractivity contribution >= 4 is 17.7 Å². The molecule has 0 saturated carbocycles. The number of carbonyl (C=O) groups is 1. The molecule has 0 aromatic carbocycles. The monoisotopic (exact) mass is 249 g/mol. The van der Waals surface area contributed by atoms with Crippen molar-refractivity contribution in [2.75, 3.05) is 0 Å². The molecule has 2 aromatic heterocycles. The van der Waals surface area contributed by atoms with Gasteiger partial charge >= 0.3 is 5.91 Å². The van der Waals surface area contributed by atoms with Crippen molar-refractivity contribution in [2.24, 2.45) is 5.84 Å². The highest BCUT2D eigenvalue weighted by Gasteiger charge is 2.14. The Morgan fingerprint density at radius 2 is 2.35 bits per heavy atom. The molecule has 2 aromatic rings. The average Bonchev–Trinajstić information content (AvgIpc) is 2.85. The van der Waals surface area contributed by atoms with Crippen LogP contribution in [0.2, 0.25) is 0 Å². The molecular weight excluding hydrogens is 238 g/mol. The van der Waals surface area contributed by atoms with Gasteiger partial charge in [0.05, 0.1) is 11.3 Å². The molecule has 6 heteroatoms. The number of nitrogen functional groups attached to an aromatic ring is 1. The summed E-state index contributed by atoms with van der Waals surface area (Å²) in [5, 5.41) is 0.896. The molecule has 3 N–H and O–H groups in total. The Balaban J connectivity index is 2.05. The van der Waals surface area contributed by atoms with Crippen molar-refractivity contribution in [3.8, 4) is 0 Å². The van der Waals surface area contributed by atoms with Gasteiger partial charge in [0.1, 0.15) is 0 Å². The summed E-state index contributed by atoms with van der Waals surface area (Å²) in [6.07, 6.45) is 3.20. The van der Waals surface area contributed by atoms with Crippen molar-refractivity contribution in [1.82, 2.24) is 10.4 Å². The average molecular weight is 249 g/mol. The first-order chi connectivity index (χ1) is 8.31. The molecule has 2 rings (SSSR count). The molecule has 0 saturated heterocycles. The summed E-state index contributed by atoms with van der Waals surface area (Å²) in [4.78, 5) is 15.5. The minimum atomic E-state index is -0.424. The lowest BCUT2D eigenvalue weighted by Crippen LogP contribution is -2.30. The topological polar surface area (TPSA) is 81.1 Å². The SMILES string of the molecule is NNC(=O)c1occc1CSc1ccccn1. The standard InChI is InChI=1S/C11H11N3O2S/c12-14-11(15)10-8(4-6-16-10)7-17-9-3-1-2-5-13-9/h1-6H,7,12H2,(H,14,15). The molecule has 88 valence electrons. The Hall–Kier alpha value is -1.79. The van der Waals surface area contributed by atoms with Crippen LogP contribution in [-0.4, -0.2) is 10.9 Å². The Morgan fingerprint density at radius 1 is 1.47 bits per heavy atom. The maximum atomic E-state index is 11.4. The number of hydrogen-bond donors (Lipinski definition) is 2. The van der Waals surface area contributed by atoms with Crippen LogP contribution < -0.4 is 11.3 Å². The summed E-state index contributed by atoms with van der Waals surface area (Å²) in [5.41, 5.74) is 2.84. The minimum absolute atomic E-state index is 0.246. The number of thioether (sulfide) groups is 1. The Labute approximate surface area is 102 Å². The van der Waals surface area contributed by atoms with Crippen LogP contribution >= 0.6 is 11.8 Å². The van der Waals surface area contributed by atoms with Gasteiger partial charge in [0.15, 0.2) is 5.76 Å². The van der Waals surface area contributed by atoms with E-state index in [-0.39, 0.29) is 5.76 Å². The molecule has 17 heavy (non-hydrogen) atoms. The Morgan fingerprint density at radius 3 is 3.06 bits per heavy atom. The number of amides is 1. The van der Waals surface area contributed by atoms with Crippen molar-refractivity contribution in [1.29, 1.82) is 0 Å². The molecule has 0 fully saturated rings. The number of nitrogens with one attached hydrogen (secondary N) is 1. The lowest BCUT2D eigenvalue weighted by Gasteiger charge is -2.01. The Kier molecular flexibility index (Phi) is 3.79. The van der Waals surface area contributed by atoms with E-state index in [9.17, 15) is 4.79 Å². The first-order valence-corrected chi connectivity index (χ1v) is 5.91. The highest BCUT2D eigenvalue weighted by atomic mass is 32.2. The van der Waals surface area contributed by atoms with Gasteiger partial charge in [-0.15, -0.1) is 11.8 Å². The second kappa shape index (κ2) is 5.51. The summed E-state index contributed by atoms with van der Waals surface area (Å²) in [6.45, 7) is 0. The van der Waals surface area contributed by atoms with E-state index in [0.29, 0.717) is 5.75 Å². The number of carbonyl (C=O) groups excluding carboxylic acids is 1. The van der Waals surface area contributed by atoms with Gasteiger partial charge < -0.3 is 4.42 Å². The van der Waals surface area contributed by atoms with Crippen molar-refractivity contribution in [3.05, 3.63) is 48.0 Å². The minimum Gasteiger partial charge on any atom is -0.459 e. The fourth-order valence-corrected chi connectivity index (χ4v) is 2.14. The summed E-state index contributed by atoms with van der Waals surface area (Å²) in [5.74, 6) is 5.49. The quantitative estimate of drug-likeness (QED) is 0.372. The zero-order chi connectivity index (χ0) is 12.1. The van der Waals surface area contributed by atoms with Crippen LogP contribution in [0, 0.1) is 0 Å². The lowest BCUT2D eigenvalue weighted by molar-refractivity contribution is 0.0925. The molecule has 2 heterocycles. The summed E-state index contributed by atoms with van der Waals surface area (Å²) >= 11 is 1.53. The lowest BCUT2D eigenvalue weighted by atomic mass is 10.3. The van der Waals surface area contributed by atoms with Gasteiger partial charge in [-0.1, -0.05) is 6.07 Å². The van der Waals surface area contributed by atoms with Gasteiger partial charge in [0.2, 0.25) is 0 Å². The number of rotatable bonds is 4. The molecule has 0 atom stereocenters. The van der Waals surface area contributed by atoms with Crippen LogP contribution in [0.4, 0.5) is 0 Å². The van der Waals surface area contributed by atoms with E-state index >= 15 is 0 Å². The zero-order valence-corrected chi connectivity index (χ0v) is 9.74. The molecular formula is C11H11N3O2S. The van der Waals surface area contributed by atoms with E-state index in [1.807, 2.05) is 23.6 Å². The normalized spacial score (nSPS) is 10.2. The van der Waals surface area contributed by atoms with Crippen LogP contribution in [-0.2, 0) is 5.75 Å². The summed E-state index contributed by atoms with van der Waals surface area (Å²) < 4.78 is 5.08. The smallest absolute Gasteiger partial charge is 0.301 e. The molecule has 0 aliphatic rings. The molecule has 0 radical (unpaired) electrons. The number of hydrogen-bond acceptors (Lipinski definition) is 5. The predicted molar refractivity (Wildman–Crippen MR) is 64.2 cm³/mol. The van der Waals surface area contributed by atoms with Crippen molar-refractivity contribution in [3.63, 3.8) is 0 Å². The van der Waals surface area contributed by atoms with Crippen LogP contribution in [0.1, 0.15) is 16.1 Å². The molecule has 0 unspecified atom stereocenters. The molecule has 0 aliphatic heterocycles. The largest absolute Gasteiger partial charge is 0.459 e. The fourth-order valence-electron chi connectivity index (χ4n) is 1.30. The van der Waals surface area contributed by atoms with E-state index in [0.717, 1.165) is 10.6 Å². The van der Waals surface area contributed by atoms with E-state index in [1.54, 1.807) is 12.3 Å². The summed E-state index contributed by atoms with van der Waals surface area (Å²) in [7, 11) is 0. The van der Waals surface area contributed by atoms with Gasteiger partial charge in [0.25, 0.3) is 0 Å². The summed E-state index contributed by atoms with van der Waals surface area (Å²) in [6, 6.07) is 7.43. The third kappa shape index (κ3) is 2.86. The molecule has 0 bridgehead atoms. The highest BCUT2D eigenvalue weighted by molar-refractivity contribution is 7.98. The van der Waals surface area contributed by atoms with Crippen LogP contribution in [0.5, 0.6) is 0 Å². The first-order valence-electron chi connectivity index (χ1n) is 4.92. The number of aromatic nitrogens is 1. The Bertz CT molecular complexity index is 498. The third-order valence-corrected chi connectivity index (χ3v) is 3.09. The van der Waals surface area contributed by atoms with Gasteiger partial charge in [-0.2, -0.15) is 0 Å². The van der Waals surface area contributed by atoms with Crippen molar-refractivity contribution < 1.29 is 9.21 Å². The second-order valence-electron chi connectivity index (χ2n) is 3.21. The van der Waals surface area contributed by atoms with E-state index in [1.165, 1.54) is 18.0 Å². The predicted octanol–water partition coefficient (Wildman–Crippen LogP) is 1.57. The van der Waals surface area contributed by atoms with Crippen molar-refractivity contribution in [2.45, 2.75) is 10.8 Å². The number of nitrogens with zero attached hydrogens (tertiary/aromatic N) is 1. The molecule has 0 spiro atoms. The van der Waals surface area contributed by atoms with Gasteiger partial charge in [-0.3, -0.25) is 10.2 Å². The van der Waals surface area contributed by atoms with Crippen LogP contribution in [0.15, 0.2) is 46.2 Å². The number of nitrogens with two attached hydrogens (primary N) is 1. The second-order valence-corrected chi connectivity index (χ2v) is 4.20. The zero-order valence-electron chi connectivity index (χ0n) is 8.92. The third-order valence-electron chi connectivity index (χ3n) is 2.10.